The molecule has 156 valence electrons. The molecule has 1 N–H and O–H groups in total. The lowest BCUT2D eigenvalue weighted by Gasteiger charge is -2.55. The molecule has 5 fully saturated rings. The molecule has 5 aliphatic rings. The minimum absolute atomic E-state index is 0.00310. The number of hydrogen-bond donors (Lipinski definition) is 1. The number of nitrogens with zero attached hydrogens (tertiary/aromatic N) is 1. The molecule has 1 aliphatic heterocycles. The number of hydrogen-bond acceptors (Lipinski definition) is 2. The summed E-state index contributed by atoms with van der Waals surface area (Å²) >= 11 is 12.2. The Hall–Kier alpha value is -1.26. The van der Waals surface area contributed by atoms with Gasteiger partial charge >= 0.3 is 0 Å². The summed E-state index contributed by atoms with van der Waals surface area (Å²) in [5, 5.41) is 4.07. The van der Waals surface area contributed by atoms with E-state index in [1.165, 1.54) is 19.3 Å². The fourth-order valence-corrected chi connectivity index (χ4v) is 7.27. The van der Waals surface area contributed by atoms with Crippen molar-refractivity contribution in [2.24, 2.45) is 23.2 Å². The first-order chi connectivity index (χ1) is 13.9. The second-order valence-electron chi connectivity index (χ2n) is 9.80. The molecule has 1 aromatic carbocycles. The number of likely N-dealkylation sites (tertiary alicyclic amines) is 1. The summed E-state index contributed by atoms with van der Waals surface area (Å²) in [6.07, 6.45) is 8.86. The molecule has 6 rings (SSSR count). The van der Waals surface area contributed by atoms with Crippen LogP contribution in [0, 0.1) is 23.2 Å². The second-order valence-corrected chi connectivity index (χ2v) is 10.6. The van der Waals surface area contributed by atoms with Crippen molar-refractivity contribution in [3.05, 3.63) is 33.8 Å². The Morgan fingerprint density at radius 1 is 1.03 bits per heavy atom. The van der Waals surface area contributed by atoms with Crippen molar-refractivity contribution in [2.45, 2.75) is 57.4 Å². The van der Waals surface area contributed by atoms with Gasteiger partial charge in [0.1, 0.15) is 0 Å². The fraction of sp³-hybridized carbons (Fsp3) is 0.652. The smallest absolute Gasteiger partial charge is 0.242 e. The minimum Gasteiger partial charge on any atom is -0.347 e. The highest BCUT2D eigenvalue weighted by Crippen LogP contribution is 2.60. The topological polar surface area (TPSA) is 49.4 Å². The highest BCUT2D eigenvalue weighted by Gasteiger charge is 2.54. The van der Waals surface area contributed by atoms with Crippen molar-refractivity contribution in [3.8, 4) is 0 Å². The Bertz CT molecular complexity index is 805. The van der Waals surface area contributed by atoms with Gasteiger partial charge in [0, 0.05) is 12.0 Å². The molecule has 1 saturated heterocycles. The van der Waals surface area contributed by atoms with Gasteiger partial charge in [-0.05, 0) is 86.8 Å². The average Bonchev–Trinajstić information content (AvgIpc) is 3.17. The third-order valence-electron chi connectivity index (χ3n) is 7.82. The Balaban J connectivity index is 1.23. The maximum atomic E-state index is 13.1. The van der Waals surface area contributed by atoms with Crippen molar-refractivity contribution in [3.63, 3.8) is 0 Å². The summed E-state index contributed by atoms with van der Waals surface area (Å²) in [7, 11) is 0. The summed E-state index contributed by atoms with van der Waals surface area (Å²) in [5.41, 5.74) is 0.807. The standard InChI is InChI=1S/C23H28Cl2N2O2/c24-18-4-3-17(9-19(18)25)20-2-1-5-27(20)21(28)13-26-22(29)23-10-14-6-15(11-23)8-16(7-14)12-23/h3-4,9,14-16,20H,1-2,5-8,10-13H2,(H,26,29). The monoisotopic (exact) mass is 434 g/mol. The first kappa shape index (κ1) is 19.7. The summed E-state index contributed by atoms with van der Waals surface area (Å²) in [6, 6.07) is 5.59. The van der Waals surface area contributed by atoms with Crippen molar-refractivity contribution < 1.29 is 9.59 Å². The maximum absolute atomic E-state index is 13.1. The molecule has 29 heavy (non-hydrogen) atoms. The van der Waals surface area contributed by atoms with E-state index in [2.05, 4.69) is 5.32 Å². The molecular formula is C23H28Cl2N2O2. The molecule has 1 atom stereocenters. The summed E-state index contributed by atoms with van der Waals surface area (Å²) in [6.45, 7) is 0.815. The highest BCUT2D eigenvalue weighted by atomic mass is 35.5. The zero-order valence-electron chi connectivity index (χ0n) is 16.6. The lowest BCUT2D eigenvalue weighted by atomic mass is 9.49. The van der Waals surface area contributed by atoms with E-state index in [9.17, 15) is 9.59 Å². The van der Waals surface area contributed by atoms with Crippen LogP contribution in [0.2, 0.25) is 10.0 Å². The predicted molar refractivity (Wildman–Crippen MR) is 114 cm³/mol. The molecule has 1 unspecified atom stereocenters. The van der Waals surface area contributed by atoms with Crippen molar-refractivity contribution in [1.82, 2.24) is 10.2 Å². The van der Waals surface area contributed by atoms with Crippen LogP contribution >= 0.6 is 23.2 Å². The van der Waals surface area contributed by atoms with Crippen molar-refractivity contribution in [1.29, 1.82) is 0 Å². The molecule has 0 spiro atoms. The van der Waals surface area contributed by atoms with Crippen LogP contribution in [0.1, 0.15) is 63.0 Å². The highest BCUT2D eigenvalue weighted by molar-refractivity contribution is 6.42. The molecule has 6 heteroatoms. The van der Waals surface area contributed by atoms with Gasteiger partial charge < -0.3 is 10.2 Å². The largest absolute Gasteiger partial charge is 0.347 e. The molecule has 2 amide bonds. The van der Waals surface area contributed by atoms with Gasteiger partial charge in [-0.2, -0.15) is 0 Å². The number of carbonyl (C=O) groups excluding carboxylic acids is 2. The number of nitrogens with one attached hydrogen (secondary N) is 1. The zero-order chi connectivity index (χ0) is 20.2. The number of benzene rings is 1. The molecule has 0 aromatic heterocycles. The molecule has 4 nitrogen and oxygen atoms in total. The van der Waals surface area contributed by atoms with Gasteiger partial charge in [-0.3, -0.25) is 9.59 Å². The molecular weight excluding hydrogens is 407 g/mol. The van der Waals surface area contributed by atoms with E-state index in [1.54, 1.807) is 6.07 Å². The van der Waals surface area contributed by atoms with E-state index >= 15 is 0 Å². The first-order valence-electron chi connectivity index (χ1n) is 11.0. The van der Waals surface area contributed by atoms with Gasteiger partial charge in [-0.1, -0.05) is 29.3 Å². The van der Waals surface area contributed by atoms with Crippen molar-refractivity contribution in [2.75, 3.05) is 13.1 Å². The van der Waals surface area contributed by atoms with Crippen LogP contribution in [0.4, 0.5) is 0 Å². The third-order valence-corrected chi connectivity index (χ3v) is 8.56. The summed E-state index contributed by atoms with van der Waals surface area (Å²) in [5.74, 6) is 2.29. The van der Waals surface area contributed by atoms with Crippen LogP contribution in [-0.2, 0) is 9.59 Å². The molecule has 1 heterocycles. The SMILES string of the molecule is O=C(CNC(=O)C12CC3CC(CC(C3)C1)C2)N1CCCC1c1ccc(Cl)c(Cl)c1. The Labute approximate surface area is 182 Å². The zero-order valence-corrected chi connectivity index (χ0v) is 18.1. The van der Waals surface area contributed by atoms with Crippen LogP contribution in [0.25, 0.3) is 0 Å². The van der Waals surface area contributed by atoms with Gasteiger partial charge in [0.25, 0.3) is 0 Å². The Morgan fingerprint density at radius 3 is 2.31 bits per heavy atom. The summed E-state index contributed by atoms with van der Waals surface area (Å²) < 4.78 is 0. The van der Waals surface area contributed by atoms with E-state index in [0.29, 0.717) is 10.0 Å². The van der Waals surface area contributed by atoms with E-state index in [1.807, 2.05) is 17.0 Å². The van der Waals surface area contributed by atoms with E-state index in [4.69, 9.17) is 23.2 Å². The molecule has 0 radical (unpaired) electrons. The van der Waals surface area contributed by atoms with E-state index in [0.717, 1.165) is 62.0 Å². The Kier molecular flexibility index (Phi) is 5.06. The van der Waals surface area contributed by atoms with Crippen LogP contribution in [0.3, 0.4) is 0 Å². The average molecular weight is 435 g/mol. The second kappa shape index (κ2) is 7.46. The first-order valence-corrected chi connectivity index (χ1v) is 11.7. The quantitative estimate of drug-likeness (QED) is 0.725. The van der Waals surface area contributed by atoms with Gasteiger partial charge in [-0.25, -0.2) is 0 Å². The lowest BCUT2D eigenvalue weighted by Crippen LogP contribution is -2.54. The van der Waals surface area contributed by atoms with Gasteiger partial charge in [-0.15, -0.1) is 0 Å². The van der Waals surface area contributed by atoms with E-state index in [-0.39, 0.29) is 29.8 Å². The maximum Gasteiger partial charge on any atom is 0.242 e. The fourth-order valence-electron chi connectivity index (χ4n) is 6.97. The molecule has 1 aromatic rings. The number of carbonyl (C=O) groups is 2. The third kappa shape index (κ3) is 3.57. The number of amides is 2. The van der Waals surface area contributed by atoms with Crippen LogP contribution in [0.5, 0.6) is 0 Å². The van der Waals surface area contributed by atoms with Gasteiger partial charge in [0.2, 0.25) is 11.8 Å². The number of rotatable bonds is 4. The lowest BCUT2D eigenvalue weighted by molar-refractivity contribution is -0.148. The van der Waals surface area contributed by atoms with Crippen LogP contribution < -0.4 is 5.32 Å². The normalized spacial score (nSPS) is 35.2. The van der Waals surface area contributed by atoms with E-state index < -0.39 is 0 Å². The number of halogens is 2. The van der Waals surface area contributed by atoms with Crippen LogP contribution in [-0.4, -0.2) is 29.8 Å². The molecule has 4 bridgehead atoms. The Morgan fingerprint density at radius 2 is 1.69 bits per heavy atom. The van der Waals surface area contributed by atoms with Gasteiger partial charge in [0.15, 0.2) is 0 Å². The van der Waals surface area contributed by atoms with Crippen LogP contribution in [0.15, 0.2) is 18.2 Å². The predicted octanol–water partition coefficient (Wildman–Crippen LogP) is 4.99. The minimum atomic E-state index is -0.205. The summed E-state index contributed by atoms with van der Waals surface area (Å²) in [4.78, 5) is 28.0. The molecule has 4 aliphatic carbocycles. The van der Waals surface area contributed by atoms with Crippen molar-refractivity contribution >= 4 is 35.0 Å². The molecule has 4 saturated carbocycles. The van der Waals surface area contributed by atoms with Gasteiger partial charge in [0.05, 0.1) is 22.6 Å².